The molecular weight excluding hydrogens is 444 g/mol. The molecule has 7 heteroatoms. The highest BCUT2D eigenvalue weighted by Gasteiger charge is 2.36. The number of esters is 1. The van der Waals surface area contributed by atoms with E-state index in [1.807, 2.05) is 25.1 Å². The maximum absolute atomic E-state index is 12.3. The number of benzene rings is 1. The number of anilines is 1. The maximum Gasteiger partial charge on any atom is 0.309 e. The SMILES string of the molecule is CCOC(=O)C1CCN(C(c2ccccc2Cl)c2c(NC(C)=O)sc3c2CCCC3)CC1. The molecule has 0 bridgehead atoms. The molecule has 1 aliphatic heterocycles. The van der Waals surface area contributed by atoms with Crippen LogP contribution in [0.2, 0.25) is 5.02 Å². The summed E-state index contributed by atoms with van der Waals surface area (Å²) in [5, 5.41) is 4.80. The van der Waals surface area contributed by atoms with E-state index in [4.69, 9.17) is 16.3 Å². The van der Waals surface area contributed by atoms with Crippen molar-refractivity contribution in [1.29, 1.82) is 0 Å². The molecule has 1 atom stereocenters. The van der Waals surface area contributed by atoms with Crippen molar-refractivity contribution in [3.8, 4) is 0 Å². The van der Waals surface area contributed by atoms with Crippen LogP contribution in [0.4, 0.5) is 5.00 Å². The van der Waals surface area contributed by atoms with E-state index in [0.29, 0.717) is 6.61 Å². The second-order valence-electron chi connectivity index (χ2n) is 8.62. The maximum atomic E-state index is 12.3. The summed E-state index contributed by atoms with van der Waals surface area (Å²) in [5.74, 6) is -0.193. The fourth-order valence-corrected chi connectivity index (χ4v) is 6.62. The summed E-state index contributed by atoms with van der Waals surface area (Å²) < 4.78 is 5.27. The van der Waals surface area contributed by atoms with Crippen LogP contribution in [0.3, 0.4) is 0 Å². The van der Waals surface area contributed by atoms with Crippen molar-refractivity contribution in [3.63, 3.8) is 0 Å². The third kappa shape index (κ3) is 4.87. The largest absolute Gasteiger partial charge is 0.466 e. The molecule has 1 fully saturated rings. The number of nitrogens with zero attached hydrogens (tertiary/aromatic N) is 1. The van der Waals surface area contributed by atoms with E-state index in [0.717, 1.165) is 60.8 Å². The molecule has 1 aliphatic carbocycles. The zero-order valence-electron chi connectivity index (χ0n) is 18.8. The first-order chi connectivity index (χ1) is 15.5. The highest BCUT2D eigenvalue weighted by molar-refractivity contribution is 7.16. The first-order valence-electron chi connectivity index (χ1n) is 11.6. The van der Waals surface area contributed by atoms with Crippen LogP contribution in [0.1, 0.15) is 67.1 Å². The third-order valence-electron chi connectivity index (χ3n) is 6.49. The number of carbonyl (C=O) groups excluding carboxylic acids is 2. The van der Waals surface area contributed by atoms with Crippen LogP contribution in [0.15, 0.2) is 24.3 Å². The predicted molar refractivity (Wildman–Crippen MR) is 129 cm³/mol. The number of piperidine rings is 1. The minimum Gasteiger partial charge on any atom is -0.466 e. The minimum atomic E-state index is -0.0895. The summed E-state index contributed by atoms with van der Waals surface area (Å²) in [6.45, 7) is 5.40. The molecule has 0 radical (unpaired) electrons. The van der Waals surface area contributed by atoms with Crippen LogP contribution < -0.4 is 5.32 Å². The Balaban J connectivity index is 1.74. The average Bonchev–Trinajstić information content (AvgIpc) is 3.13. The number of amides is 1. The standard InChI is InChI=1S/C25H31ClN2O3S/c1-3-31-25(30)17-12-14-28(15-13-17)23(18-8-4-6-10-20(18)26)22-19-9-5-7-11-21(19)32-24(22)27-16(2)29/h4,6,8,10,17,23H,3,5,7,9,11-15H2,1-2H3,(H,27,29). The molecule has 0 saturated carbocycles. The Hall–Kier alpha value is -1.89. The number of likely N-dealkylation sites (tertiary alicyclic amines) is 1. The number of hydrogen-bond donors (Lipinski definition) is 1. The van der Waals surface area contributed by atoms with E-state index in [1.165, 1.54) is 22.4 Å². The lowest BCUT2D eigenvalue weighted by atomic mass is 9.87. The molecule has 2 aromatic rings. The van der Waals surface area contributed by atoms with Gasteiger partial charge in [0, 0.05) is 22.4 Å². The van der Waals surface area contributed by atoms with Gasteiger partial charge in [-0.1, -0.05) is 29.8 Å². The lowest BCUT2D eigenvalue weighted by molar-refractivity contribution is -0.149. The Morgan fingerprint density at radius 3 is 2.62 bits per heavy atom. The third-order valence-corrected chi connectivity index (χ3v) is 8.06. The van der Waals surface area contributed by atoms with Gasteiger partial charge in [-0.05, 0) is 75.7 Å². The van der Waals surface area contributed by atoms with Crippen molar-refractivity contribution >= 4 is 39.8 Å². The second kappa shape index (κ2) is 10.4. The van der Waals surface area contributed by atoms with Crippen molar-refractivity contribution in [2.24, 2.45) is 5.92 Å². The molecule has 1 aromatic heterocycles. The van der Waals surface area contributed by atoms with Gasteiger partial charge in [0.25, 0.3) is 0 Å². The summed E-state index contributed by atoms with van der Waals surface area (Å²) in [6, 6.07) is 7.96. The molecule has 4 rings (SSSR count). The Morgan fingerprint density at radius 1 is 1.22 bits per heavy atom. The van der Waals surface area contributed by atoms with Crippen LogP contribution in [0.5, 0.6) is 0 Å². The number of rotatable bonds is 6. The van der Waals surface area contributed by atoms with Crippen molar-refractivity contribution in [2.75, 3.05) is 25.0 Å². The first kappa shape index (κ1) is 23.3. The van der Waals surface area contributed by atoms with Crippen molar-refractivity contribution in [3.05, 3.63) is 50.9 Å². The normalized spacial score (nSPS) is 18.1. The minimum absolute atomic E-state index is 0.0493. The molecular formula is C25H31ClN2O3S. The summed E-state index contributed by atoms with van der Waals surface area (Å²) in [5.41, 5.74) is 3.63. The van der Waals surface area contributed by atoms with Gasteiger partial charge >= 0.3 is 5.97 Å². The lowest BCUT2D eigenvalue weighted by Crippen LogP contribution is -2.40. The number of carbonyl (C=O) groups is 2. The lowest BCUT2D eigenvalue weighted by Gasteiger charge is -2.38. The molecule has 2 aliphatic rings. The molecule has 1 N–H and O–H groups in total. The van der Waals surface area contributed by atoms with Gasteiger partial charge in [0.05, 0.1) is 18.6 Å². The van der Waals surface area contributed by atoms with Crippen LogP contribution in [-0.2, 0) is 27.2 Å². The fraction of sp³-hybridized carbons (Fsp3) is 0.520. The van der Waals surface area contributed by atoms with Crippen molar-refractivity contribution < 1.29 is 14.3 Å². The van der Waals surface area contributed by atoms with E-state index in [1.54, 1.807) is 18.3 Å². The monoisotopic (exact) mass is 474 g/mol. The van der Waals surface area contributed by atoms with E-state index in [9.17, 15) is 9.59 Å². The topological polar surface area (TPSA) is 58.6 Å². The Labute approximate surface area is 199 Å². The van der Waals surface area contributed by atoms with Crippen molar-refractivity contribution in [2.45, 2.75) is 58.4 Å². The highest BCUT2D eigenvalue weighted by Crippen LogP contribution is 2.47. The van der Waals surface area contributed by atoms with E-state index < -0.39 is 0 Å². The quantitative estimate of drug-likeness (QED) is 0.553. The van der Waals surface area contributed by atoms with Crippen LogP contribution in [0.25, 0.3) is 0 Å². The molecule has 1 saturated heterocycles. The van der Waals surface area contributed by atoms with E-state index in [-0.39, 0.29) is 23.8 Å². The zero-order valence-corrected chi connectivity index (χ0v) is 20.4. The fourth-order valence-electron chi connectivity index (χ4n) is 5.02. The van der Waals surface area contributed by atoms with Gasteiger partial charge in [0.2, 0.25) is 5.91 Å². The van der Waals surface area contributed by atoms with Crippen LogP contribution in [-0.4, -0.2) is 36.5 Å². The molecule has 1 unspecified atom stereocenters. The Bertz CT molecular complexity index is 982. The molecule has 172 valence electrons. The number of halogens is 1. The van der Waals surface area contributed by atoms with Gasteiger partial charge in [0.15, 0.2) is 0 Å². The first-order valence-corrected chi connectivity index (χ1v) is 12.8. The number of hydrogen-bond acceptors (Lipinski definition) is 5. The van der Waals surface area contributed by atoms with Crippen LogP contribution >= 0.6 is 22.9 Å². The molecule has 1 aromatic carbocycles. The van der Waals surface area contributed by atoms with Gasteiger partial charge in [-0.3, -0.25) is 14.5 Å². The average molecular weight is 475 g/mol. The Morgan fingerprint density at radius 2 is 1.94 bits per heavy atom. The number of nitrogens with one attached hydrogen (secondary N) is 1. The van der Waals surface area contributed by atoms with Gasteiger partial charge in [-0.15, -0.1) is 11.3 Å². The summed E-state index contributed by atoms with van der Waals surface area (Å²) in [6.07, 6.45) is 5.97. The highest BCUT2D eigenvalue weighted by atomic mass is 35.5. The summed E-state index contributed by atoms with van der Waals surface area (Å²) >= 11 is 8.45. The van der Waals surface area contributed by atoms with E-state index in [2.05, 4.69) is 16.3 Å². The number of ether oxygens (including phenoxy) is 1. The molecule has 0 spiro atoms. The predicted octanol–water partition coefficient (Wildman–Crippen LogP) is 5.60. The molecule has 1 amide bonds. The van der Waals surface area contributed by atoms with Gasteiger partial charge < -0.3 is 10.1 Å². The number of fused-ring (bicyclic) bond motifs is 1. The Kier molecular flexibility index (Phi) is 7.54. The smallest absolute Gasteiger partial charge is 0.309 e. The number of aryl methyl sites for hydroxylation is 1. The molecule has 5 nitrogen and oxygen atoms in total. The van der Waals surface area contributed by atoms with Gasteiger partial charge in [-0.2, -0.15) is 0 Å². The molecule has 2 heterocycles. The van der Waals surface area contributed by atoms with Gasteiger partial charge in [0.1, 0.15) is 5.00 Å². The zero-order chi connectivity index (χ0) is 22.7. The summed E-state index contributed by atoms with van der Waals surface area (Å²) in [4.78, 5) is 28.2. The van der Waals surface area contributed by atoms with Crippen molar-refractivity contribution in [1.82, 2.24) is 4.90 Å². The number of thiophene rings is 1. The van der Waals surface area contributed by atoms with E-state index >= 15 is 0 Å². The second-order valence-corrected chi connectivity index (χ2v) is 10.1. The van der Waals surface area contributed by atoms with Gasteiger partial charge in [-0.25, -0.2) is 0 Å². The molecule has 32 heavy (non-hydrogen) atoms. The summed E-state index contributed by atoms with van der Waals surface area (Å²) in [7, 11) is 0. The van der Waals surface area contributed by atoms with Crippen LogP contribution in [0, 0.1) is 5.92 Å².